The molecule has 1 aliphatic heterocycles. The lowest BCUT2D eigenvalue weighted by atomic mass is 10.2. The highest BCUT2D eigenvalue weighted by Gasteiger charge is 2.32. The summed E-state index contributed by atoms with van der Waals surface area (Å²) in [6.45, 7) is 1.04. The number of anilines is 1. The van der Waals surface area contributed by atoms with Gasteiger partial charge in [0.15, 0.2) is 5.75 Å². The van der Waals surface area contributed by atoms with Crippen LogP contribution in [0.3, 0.4) is 0 Å². The normalized spacial score (nSPS) is 17.0. The molecule has 0 aromatic heterocycles. The summed E-state index contributed by atoms with van der Waals surface area (Å²) in [5.41, 5.74) is -0.0980. The Bertz CT molecular complexity index is 625. The predicted octanol–water partition coefficient (Wildman–Crippen LogP) is 3.51. The number of hydrogen-bond donors (Lipinski definition) is 1. The van der Waals surface area contributed by atoms with Crippen LogP contribution >= 0.6 is 0 Å². The molecule has 1 heterocycles. The molecule has 0 bridgehead atoms. The molecule has 1 N–H and O–H groups in total. The highest BCUT2D eigenvalue weighted by atomic mass is 19.4. The number of nitrogens with one attached hydrogen (secondary N) is 1. The van der Waals surface area contributed by atoms with Gasteiger partial charge in [-0.2, -0.15) is 5.26 Å². The third-order valence-corrected chi connectivity index (χ3v) is 3.58. The zero-order valence-corrected chi connectivity index (χ0v) is 13.4. The molecule has 1 atom stereocenters. The van der Waals surface area contributed by atoms with Gasteiger partial charge in [0.2, 0.25) is 0 Å². The van der Waals surface area contributed by atoms with Gasteiger partial charge in [0, 0.05) is 19.7 Å². The van der Waals surface area contributed by atoms with E-state index in [1.54, 1.807) is 0 Å². The van der Waals surface area contributed by atoms with E-state index >= 15 is 0 Å². The van der Waals surface area contributed by atoms with E-state index in [2.05, 4.69) is 10.1 Å². The van der Waals surface area contributed by atoms with E-state index in [4.69, 9.17) is 10.00 Å². The zero-order valence-electron chi connectivity index (χ0n) is 13.4. The lowest BCUT2D eigenvalue weighted by Crippen LogP contribution is -2.40. The van der Waals surface area contributed by atoms with Gasteiger partial charge in [-0.3, -0.25) is 0 Å². The number of para-hydroxylation sites is 2. The standard InChI is InChI=1S/C16H18F3N3O3/c17-16(18,19)25-14-7-2-1-6-13(14)21-15(23)22(9-4-8-20)11-12-5-3-10-24-12/h1-2,6-7,12H,3-5,9-11H2,(H,21,23). The fraction of sp³-hybridized carbons (Fsp3) is 0.500. The summed E-state index contributed by atoms with van der Waals surface area (Å²) in [6, 6.07) is 6.62. The molecule has 2 rings (SSSR count). The van der Waals surface area contributed by atoms with E-state index in [1.807, 2.05) is 6.07 Å². The number of carbonyl (C=O) groups excluding carboxylic acids is 1. The number of nitrogens with zero attached hydrogens (tertiary/aromatic N) is 2. The first-order valence-corrected chi connectivity index (χ1v) is 7.78. The summed E-state index contributed by atoms with van der Waals surface area (Å²) in [7, 11) is 0. The largest absolute Gasteiger partial charge is 0.573 e. The molecule has 1 aromatic rings. The van der Waals surface area contributed by atoms with Gasteiger partial charge in [0.25, 0.3) is 0 Å². The van der Waals surface area contributed by atoms with Gasteiger partial charge in [-0.05, 0) is 25.0 Å². The van der Waals surface area contributed by atoms with Crippen molar-refractivity contribution in [3.63, 3.8) is 0 Å². The van der Waals surface area contributed by atoms with E-state index in [0.717, 1.165) is 18.9 Å². The molecule has 0 radical (unpaired) electrons. The van der Waals surface area contributed by atoms with Crippen molar-refractivity contribution in [1.29, 1.82) is 5.26 Å². The molecule has 1 unspecified atom stereocenters. The van der Waals surface area contributed by atoms with Crippen LogP contribution in [-0.2, 0) is 4.74 Å². The lowest BCUT2D eigenvalue weighted by Gasteiger charge is -2.25. The average molecular weight is 357 g/mol. The molecule has 1 aliphatic rings. The molecule has 1 saturated heterocycles. The smallest absolute Gasteiger partial charge is 0.404 e. The molecule has 25 heavy (non-hydrogen) atoms. The van der Waals surface area contributed by atoms with Crippen LogP contribution in [0.5, 0.6) is 5.75 Å². The Morgan fingerprint density at radius 3 is 2.84 bits per heavy atom. The van der Waals surface area contributed by atoms with Crippen molar-refractivity contribution in [2.75, 3.05) is 25.0 Å². The summed E-state index contributed by atoms with van der Waals surface area (Å²) in [5, 5.41) is 11.1. The summed E-state index contributed by atoms with van der Waals surface area (Å²) in [5.74, 6) is -0.499. The van der Waals surface area contributed by atoms with Crippen molar-refractivity contribution in [3.8, 4) is 11.8 Å². The fourth-order valence-electron chi connectivity index (χ4n) is 2.47. The van der Waals surface area contributed by atoms with E-state index in [0.29, 0.717) is 6.61 Å². The Balaban J connectivity index is 2.07. The molecular formula is C16H18F3N3O3. The Kier molecular flexibility index (Phi) is 6.47. The molecule has 9 heteroatoms. The van der Waals surface area contributed by atoms with Crippen molar-refractivity contribution in [3.05, 3.63) is 24.3 Å². The Labute approximate surface area is 143 Å². The molecule has 0 saturated carbocycles. The van der Waals surface area contributed by atoms with Crippen LogP contribution in [0.25, 0.3) is 0 Å². The average Bonchev–Trinajstić information content (AvgIpc) is 3.05. The number of halogens is 3. The van der Waals surface area contributed by atoms with Gasteiger partial charge in [0.1, 0.15) is 0 Å². The summed E-state index contributed by atoms with van der Waals surface area (Å²) in [6.07, 6.45) is -3.20. The third kappa shape index (κ3) is 6.15. The third-order valence-electron chi connectivity index (χ3n) is 3.58. The second-order valence-electron chi connectivity index (χ2n) is 5.46. The van der Waals surface area contributed by atoms with Crippen molar-refractivity contribution >= 4 is 11.7 Å². The quantitative estimate of drug-likeness (QED) is 0.845. The fourth-order valence-corrected chi connectivity index (χ4v) is 2.47. The number of alkyl halides is 3. The number of rotatable bonds is 6. The van der Waals surface area contributed by atoms with Crippen LogP contribution < -0.4 is 10.1 Å². The minimum absolute atomic E-state index is 0.0980. The van der Waals surface area contributed by atoms with Crippen LogP contribution in [0.15, 0.2) is 24.3 Å². The van der Waals surface area contributed by atoms with Crippen LogP contribution in [0.2, 0.25) is 0 Å². The summed E-state index contributed by atoms with van der Waals surface area (Å²) in [4.78, 5) is 13.8. The number of nitriles is 1. The second kappa shape index (κ2) is 8.58. The van der Waals surface area contributed by atoms with Crippen molar-refractivity contribution in [1.82, 2.24) is 4.90 Å². The van der Waals surface area contributed by atoms with Gasteiger partial charge in [-0.25, -0.2) is 4.79 Å². The molecule has 0 spiro atoms. The van der Waals surface area contributed by atoms with E-state index in [-0.39, 0.29) is 31.3 Å². The molecule has 0 aliphatic carbocycles. The van der Waals surface area contributed by atoms with Crippen LogP contribution in [-0.4, -0.2) is 43.1 Å². The van der Waals surface area contributed by atoms with Crippen molar-refractivity contribution in [2.45, 2.75) is 31.7 Å². The summed E-state index contributed by atoms with van der Waals surface area (Å²) >= 11 is 0. The highest BCUT2D eigenvalue weighted by Crippen LogP contribution is 2.30. The minimum atomic E-state index is -4.86. The first-order chi connectivity index (χ1) is 11.9. The van der Waals surface area contributed by atoms with Crippen LogP contribution in [0.1, 0.15) is 19.3 Å². The first kappa shape index (κ1) is 18.9. The van der Waals surface area contributed by atoms with Gasteiger partial charge >= 0.3 is 12.4 Å². The van der Waals surface area contributed by atoms with Gasteiger partial charge in [-0.1, -0.05) is 12.1 Å². The maximum Gasteiger partial charge on any atom is 0.573 e. The molecule has 1 aromatic carbocycles. The monoisotopic (exact) mass is 357 g/mol. The molecular weight excluding hydrogens is 339 g/mol. The zero-order chi connectivity index (χ0) is 18.3. The molecule has 1 fully saturated rings. The summed E-state index contributed by atoms with van der Waals surface area (Å²) < 4.78 is 46.8. The Morgan fingerprint density at radius 1 is 1.44 bits per heavy atom. The second-order valence-corrected chi connectivity index (χ2v) is 5.46. The minimum Gasteiger partial charge on any atom is -0.404 e. The number of amides is 2. The first-order valence-electron chi connectivity index (χ1n) is 7.78. The van der Waals surface area contributed by atoms with Gasteiger partial charge in [-0.15, -0.1) is 13.2 Å². The maximum absolute atomic E-state index is 12.5. The number of hydrogen-bond acceptors (Lipinski definition) is 4. The Hall–Kier alpha value is -2.47. The SMILES string of the molecule is N#CCCN(CC1CCCO1)C(=O)Nc1ccccc1OC(F)(F)F. The van der Waals surface area contributed by atoms with Crippen molar-refractivity contribution in [2.24, 2.45) is 0 Å². The maximum atomic E-state index is 12.5. The predicted molar refractivity (Wildman–Crippen MR) is 82.9 cm³/mol. The highest BCUT2D eigenvalue weighted by molar-refractivity contribution is 5.91. The van der Waals surface area contributed by atoms with E-state index in [9.17, 15) is 18.0 Å². The van der Waals surface area contributed by atoms with Crippen molar-refractivity contribution < 1.29 is 27.4 Å². The van der Waals surface area contributed by atoms with Gasteiger partial charge < -0.3 is 19.7 Å². The molecule has 6 nitrogen and oxygen atoms in total. The Morgan fingerprint density at radius 2 is 2.20 bits per heavy atom. The number of carbonyl (C=O) groups is 1. The van der Waals surface area contributed by atoms with Gasteiger partial charge in [0.05, 0.1) is 24.3 Å². The topological polar surface area (TPSA) is 74.6 Å². The van der Waals surface area contributed by atoms with Crippen LogP contribution in [0.4, 0.5) is 23.7 Å². The number of benzene rings is 1. The van der Waals surface area contributed by atoms with E-state index in [1.165, 1.54) is 23.1 Å². The lowest BCUT2D eigenvalue weighted by molar-refractivity contribution is -0.274. The van der Waals surface area contributed by atoms with Crippen LogP contribution in [0, 0.1) is 11.3 Å². The number of urea groups is 1. The molecule has 2 amide bonds. The molecule has 136 valence electrons. The van der Waals surface area contributed by atoms with E-state index < -0.39 is 18.1 Å². The number of ether oxygens (including phenoxy) is 2.